The third kappa shape index (κ3) is 8.10. The van der Waals surface area contributed by atoms with Crippen molar-refractivity contribution in [3.05, 3.63) is 11.3 Å². The molecular formula is C16H35NSi. The normalized spacial score (nSPS) is 13.7. The van der Waals surface area contributed by atoms with Crippen LogP contribution in [0.4, 0.5) is 0 Å². The van der Waals surface area contributed by atoms with E-state index in [2.05, 4.69) is 52.2 Å². The van der Waals surface area contributed by atoms with Crippen LogP contribution in [0.5, 0.6) is 0 Å². The number of nitrogens with zero attached hydrogens (tertiary/aromatic N) is 1. The summed E-state index contributed by atoms with van der Waals surface area (Å²) >= 11 is 0. The second-order valence-electron chi connectivity index (χ2n) is 5.97. The van der Waals surface area contributed by atoms with Gasteiger partial charge in [-0.3, -0.25) is 0 Å². The highest BCUT2D eigenvalue weighted by Gasteiger charge is 2.15. The molecule has 0 radical (unpaired) electrons. The van der Waals surface area contributed by atoms with Gasteiger partial charge in [0.2, 0.25) is 0 Å². The molecule has 2 heteroatoms. The zero-order valence-corrected chi connectivity index (χ0v) is 15.0. The second-order valence-corrected chi connectivity index (χ2v) is 7.92. The van der Waals surface area contributed by atoms with Crippen LogP contribution in [-0.4, -0.2) is 26.3 Å². The first-order valence-electron chi connectivity index (χ1n) is 7.96. The van der Waals surface area contributed by atoms with Crippen molar-refractivity contribution in [3.8, 4) is 0 Å². The Morgan fingerprint density at radius 2 is 1.56 bits per heavy atom. The third-order valence-electron chi connectivity index (χ3n) is 3.55. The Kier molecular flexibility index (Phi) is 10.8. The molecular weight excluding hydrogens is 234 g/mol. The zero-order chi connectivity index (χ0) is 14.0. The maximum absolute atomic E-state index is 2.74. The molecule has 0 amide bonds. The molecule has 0 rings (SSSR count). The molecule has 0 aliphatic heterocycles. The fraction of sp³-hybridized carbons (Fsp3) is 0.875. The van der Waals surface area contributed by atoms with Gasteiger partial charge in [-0.25, -0.2) is 0 Å². The summed E-state index contributed by atoms with van der Waals surface area (Å²) in [5.74, 6) is 0. The van der Waals surface area contributed by atoms with E-state index in [1.165, 1.54) is 38.5 Å². The highest BCUT2D eigenvalue weighted by Crippen LogP contribution is 2.13. The minimum absolute atomic E-state index is 0.210. The SMILES string of the molecule is CCCCC=C(CCCC)[SiH2]N(C(C)C)C(C)C. The number of allylic oxidation sites excluding steroid dienone is 2. The van der Waals surface area contributed by atoms with Crippen LogP contribution in [0, 0.1) is 0 Å². The van der Waals surface area contributed by atoms with Gasteiger partial charge in [0.25, 0.3) is 0 Å². The molecule has 0 aromatic rings. The standard InChI is InChI=1S/C16H35NSi/c1-7-9-11-13-16(12-10-8-2)18-17(14(3)4)15(5)6/h13-15H,7-12,18H2,1-6H3. The van der Waals surface area contributed by atoms with Gasteiger partial charge in [-0.1, -0.05) is 78.5 Å². The number of unbranched alkanes of at least 4 members (excludes halogenated alkanes) is 3. The summed E-state index contributed by atoms with van der Waals surface area (Å²) in [4.78, 5) is 0. The lowest BCUT2D eigenvalue weighted by Gasteiger charge is -2.31. The van der Waals surface area contributed by atoms with Gasteiger partial charge in [0.1, 0.15) is 9.68 Å². The quantitative estimate of drug-likeness (QED) is 0.418. The molecule has 0 heterocycles. The first-order chi connectivity index (χ1) is 8.52. The third-order valence-corrected chi connectivity index (χ3v) is 6.43. The van der Waals surface area contributed by atoms with Crippen molar-refractivity contribution >= 4 is 9.68 Å². The molecule has 1 nitrogen and oxygen atoms in total. The van der Waals surface area contributed by atoms with Crippen LogP contribution in [0.25, 0.3) is 0 Å². The first kappa shape index (κ1) is 17.9. The number of rotatable bonds is 10. The Bertz CT molecular complexity index is 213. The molecule has 0 aliphatic carbocycles. The predicted molar refractivity (Wildman–Crippen MR) is 87.8 cm³/mol. The summed E-state index contributed by atoms with van der Waals surface area (Å²) in [5, 5.41) is 1.80. The maximum Gasteiger partial charge on any atom is 0.123 e. The van der Waals surface area contributed by atoms with E-state index in [4.69, 9.17) is 0 Å². The summed E-state index contributed by atoms with van der Waals surface area (Å²) in [7, 11) is -0.210. The lowest BCUT2D eigenvalue weighted by Crippen LogP contribution is -2.40. The molecule has 108 valence electrons. The second kappa shape index (κ2) is 10.8. The summed E-state index contributed by atoms with van der Waals surface area (Å²) < 4.78 is 2.74. The van der Waals surface area contributed by atoms with Gasteiger partial charge >= 0.3 is 0 Å². The maximum atomic E-state index is 2.74. The van der Waals surface area contributed by atoms with Crippen molar-refractivity contribution in [3.63, 3.8) is 0 Å². The molecule has 0 aromatic carbocycles. The van der Waals surface area contributed by atoms with Gasteiger partial charge in [-0.15, -0.1) is 0 Å². The van der Waals surface area contributed by atoms with Crippen molar-refractivity contribution in [1.82, 2.24) is 4.57 Å². The lowest BCUT2D eigenvalue weighted by atomic mass is 10.2. The monoisotopic (exact) mass is 269 g/mol. The van der Waals surface area contributed by atoms with Gasteiger partial charge in [-0.2, -0.15) is 0 Å². The Hall–Kier alpha value is -0.0831. The van der Waals surface area contributed by atoms with E-state index < -0.39 is 0 Å². The van der Waals surface area contributed by atoms with E-state index in [-0.39, 0.29) is 9.68 Å². The summed E-state index contributed by atoms with van der Waals surface area (Å²) in [5.41, 5.74) is 0. The molecule has 18 heavy (non-hydrogen) atoms. The highest BCUT2D eigenvalue weighted by molar-refractivity contribution is 6.42. The van der Waals surface area contributed by atoms with Crippen molar-refractivity contribution in [2.75, 3.05) is 0 Å². The van der Waals surface area contributed by atoms with Gasteiger partial charge in [-0.05, 0) is 24.9 Å². The van der Waals surface area contributed by atoms with Gasteiger partial charge in [0, 0.05) is 0 Å². The number of hydrogen-bond donors (Lipinski definition) is 0. The van der Waals surface area contributed by atoms with E-state index in [0.29, 0.717) is 12.1 Å². The lowest BCUT2D eigenvalue weighted by molar-refractivity contribution is 0.313. The van der Waals surface area contributed by atoms with Crippen LogP contribution in [-0.2, 0) is 0 Å². The van der Waals surface area contributed by atoms with Crippen LogP contribution in [0.15, 0.2) is 11.3 Å². The zero-order valence-electron chi connectivity index (χ0n) is 13.6. The molecule has 0 atom stereocenters. The van der Waals surface area contributed by atoms with E-state index in [1.54, 1.807) is 5.20 Å². The fourth-order valence-corrected chi connectivity index (χ4v) is 4.30. The summed E-state index contributed by atoms with van der Waals surface area (Å²) in [6.45, 7) is 14.0. The summed E-state index contributed by atoms with van der Waals surface area (Å²) in [6.07, 6.45) is 10.6. The Morgan fingerprint density at radius 3 is 2.00 bits per heavy atom. The molecule has 0 fully saturated rings. The predicted octanol–water partition coefficient (Wildman–Crippen LogP) is 4.45. The Morgan fingerprint density at radius 1 is 1.00 bits per heavy atom. The molecule has 0 N–H and O–H groups in total. The molecule has 0 unspecified atom stereocenters. The van der Waals surface area contributed by atoms with Crippen LogP contribution in [0.3, 0.4) is 0 Å². The minimum atomic E-state index is -0.210. The average molecular weight is 270 g/mol. The van der Waals surface area contributed by atoms with Crippen molar-refractivity contribution in [2.45, 2.75) is 92.2 Å². The smallest absolute Gasteiger partial charge is 0.123 e. The molecule has 0 aromatic heterocycles. The highest BCUT2D eigenvalue weighted by atomic mass is 28.2. The molecule has 0 spiro atoms. The fourth-order valence-electron chi connectivity index (χ4n) is 2.36. The topological polar surface area (TPSA) is 3.24 Å². The van der Waals surface area contributed by atoms with Crippen LogP contribution in [0.2, 0.25) is 0 Å². The Labute approximate surface area is 118 Å². The van der Waals surface area contributed by atoms with Gasteiger partial charge in [0.15, 0.2) is 0 Å². The van der Waals surface area contributed by atoms with E-state index in [9.17, 15) is 0 Å². The molecule has 0 aliphatic rings. The minimum Gasteiger partial charge on any atom is -0.321 e. The van der Waals surface area contributed by atoms with E-state index >= 15 is 0 Å². The van der Waals surface area contributed by atoms with Crippen LogP contribution < -0.4 is 0 Å². The van der Waals surface area contributed by atoms with E-state index in [1.807, 2.05) is 0 Å². The molecule has 0 saturated heterocycles. The van der Waals surface area contributed by atoms with Crippen LogP contribution in [0.1, 0.15) is 80.1 Å². The van der Waals surface area contributed by atoms with Crippen molar-refractivity contribution < 1.29 is 0 Å². The molecule has 0 bridgehead atoms. The number of hydrogen-bond acceptors (Lipinski definition) is 1. The average Bonchev–Trinajstić information content (AvgIpc) is 2.31. The first-order valence-corrected chi connectivity index (χ1v) is 9.30. The molecule has 0 saturated carbocycles. The largest absolute Gasteiger partial charge is 0.321 e. The van der Waals surface area contributed by atoms with E-state index in [0.717, 1.165) is 0 Å². The summed E-state index contributed by atoms with van der Waals surface area (Å²) in [6, 6.07) is 1.40. The van der Waals surface area contributed by atoms with Crippen LogP contribution >= 0.6 is 0 Å². The Balaban J connectivity index is 4.48. The van der Waals surface area contributed by atoms with Gasteiger partial charge in [0.05, 0.1) is 0 Å². The van der Waals surface area contributed by atoms with Gasteiger partial charge < -0.3 is 4.57 Å². The van der Waals surface area contributed by atoms with Crippen molar-refractivity contribution in [2.24, 2.45) is 0 Å². The van der Waals surface area contributed by atoms with Crippen molar-refractivity contribution in [1.29, 1.82) is 0 Å².